The maximum absolute atomic E-state index is 9.26. The Kier molecular flexibility index (Phi) is 4.35. The summed E-state index contributed by atoms with van der Waals surface area (Å²) in [6, 6.07) is 22.8. The summed E-state index contributed by atoms with van der Waals surface area (Å²) >= 11 is 0. The van der Waals surface area contributed by atoms with E-state index in [2.05, 4.69) is 35.4 Å². The minimum atomic E-state index is 0.440. The SMILES string of the molecule is N#Cc1cc(-c2ccc(C3CCCCC3)cc2)n(-c2ccccc2)n1. The lowest BCUT2D eigenvalue weighted by Crippen LogP contribution is -2.04. The van der Waals surface area contributed by atoms with Crippen LogP contribution in [0, 0.1) is 11.3 Å². The van der Waals surface area contributed by atoms with E-state index in [1.165, 1.54) is 37.7 Å². The molecule has 3 nitrogen and oxygen atoms in total. The number of hydrogen-bond donors (Lipinski definition) is 0. The number of aromatic nitrogens is 2. The smallest absolute Gasteiger partial charge is 0.163 e. The molecule has 1 aromatic heterocycles. The molecule has 1 aliphatic rings. The number of nitrogens with zero attached hydrogens (tertiary/aromatic N) is 3. The second-order valence-corrected chi connectivity index (χ2v) is 6.73. The molecule has 0 bridgehead atoms. The van der Waals surface area contributed by atoms with Crippen LogP contribution in [-0.2, 0) is 0 Å². The van der Waals surface area contributed by atoms with Crippen LogP contribution in [0.25, 0.3) is 16.9 Å². The van der Waals surface area contributed by atoms with Gasteiger partial charge in [-0.25, -0.2) is 4.68 Å². The molecule has 1 heterocycles. The summed E-state index contributed by atoms with van der Waals surface area (Å²) in [6.45, 7) is 0. The molecule has 1 fully saturated rings. The van der Waals surface area contributed by atoms with E-state index >= 15 is 0 Å². The summed E-state index contributed by atoms with van der Waals surface area (Å²) in [4.78, 5) is 0. The van der Waals surface area contributed by atoms with Gasteiger partial charge in [0.2, 0.25) is 0 Å². The van der Waals surface area contributed by atoms with Gasteiger partial charge in [-0.3, -0.25) is 0 Å². The van der Waals surface area contributed by atoms with Gasteiger partial charge in [-0.15, -0.1) is 0 Å². The molecule has 2 aromatic carbocycles. The third kappa shape index (κ3) is 3.21. The van der Waals surface area contributed by atoms with E-state index < -0.39 is 0 Å². The number of nitriles is 1. The van der Waals surface area contributed by atoms with E-state index in [0.717, 1.165) is 16.9 Å². The van der Waals surface area contributed by atoms with Crippen LogP contribution >= 0.6 is 0 Å². The molecule has 0 radical (unpaired) electrons. The molecule has 3 aromatic rings. The number of benzene rings is 2. The van der Waals surface area contributed by atoms with Crippen LogP contribution in [0.5, 0.6) is 0 Å². The molecule has 0 spiro atoms. The van der Waals surface area contributed by atoms with E-state index in [0.29, 0.717) is 11.6 Å². The van der Waals surface area contributed by atoms with Gasteiger partial charge in [0.15, 0.2) is 5.69 Å². The van der Waals surface area contributed by atoms with Gasteiger partial charge < -0.3 is 0 Å². The number of rotatable bonds is 3. The zero-order valence-corrected chi connectivity index (χ0v) is 14.2. The molecule has 1 aliphatic carbocycles. The predicted octanol–water partition coefficient (Wildman–Crippen LogP) is 5.46. The summed E-state index contributed by atoms with van der Waals surface area (Å²) in [7, 11) is 0. The summed E-state index contributed by atoms with van der Waals surface area (Å²) in [6.07, 6.45) is 6.68. The topological polar surface area (TPSA) is 41.6 Å². The summed E-state index contributed by atoms with van der Waals surface area (Å²) in [5.74, 6) is 0.705. The normalized spacial score (nSPS) is 15.0. The van der Waals surface area contributed by atoms with Crippen molar-refractivity contribution in [3.05, 3.63) is 71.9 Å². The van der Waals surface area contributed by atoms with Crippen LogP contribution in [0.2, 0.25) is 0 Å². The average molecular weight is 327 g/mol. The Hall–Kier alpha value is -2.86. The molecule has 0 aliphatic heterocycles. The van der Waals surface area contributed by atoms with Crippen molar-refractivity contribution in [3.8, 4) is 23.0 Å². The fourth-order valence-corrected chi connectivity index (χ4v) is 3.77. The molecule has 0 unspecified atom stereocenters. The van der Waals surface area contributed by atoms with Crippen molar-refractivity contribution in [3.63, 3.8) is 0 Å². The molecule has 0 amide bonds. The van der Waals surface area contributed by atoms with Crippen molar-refractivity contribution >= 4 is 0 Å². The van der Waals surface area contributed by atoms with E-state index in [4.69, 9.17) is 0 Å². The minimum absolute atomic E-state index is 0.440. The minimum Gasteiger partial charge on any atom is -0.232 e. The van der Waals surface area contributed by atoms with Gasteiger partial charge in [-0.1, -0.05) is 61.7 Å². The Bertz CT molecular complexity index is 879. The lowest BCUT2D eigenvalue weighted by Gasteiger charge is -2.22. The van der Waals surface area contributed by atoms with Gasteiger partial charge >= 0.3 is 0 Å². The van der Waals surface area contributed by atoms with E-state index in [-0.39, 0.29) is 0 Å². The molecule has 0 N–H and O–H groups in total. The molecular weight excluding hydrogens is 306 g/mol. The standard InChI is InChI=1S/C22H21N3/c23-16-20-15-22(25(24-20)21-9-5-2-6-10-21)19-13-11-18(12-14-19)17-7-3-1-4-8-17/h2,5-6,9-15,17H,1,3-4,7-8H2. The Balaban J connectivity index is 1.70. The van der Waals surface area contributed by atoms with E-state index in [1.54, 1.807) is 0 Å². The molecule has 0 saturated heterocycles. The maximum Gasteiger partial charge on any atom is 0.163 e. The highest BCUT2D eigenvalue weighted by atomic mass is 15.3. The van der Waals surface area contributed by atoms with Gasteiger partial charge in [0, 0.05) is 11.6 Å². The van der Waals surface area contributed by atoms with Crippen molar-refractivity contribution in [1.29, 1.82) is 5.26 Å². The Morgan fingerprint density at radius 1 is 0.920 bits per heavy atom. The second-order valence-electron chi connectivity index (χ2n) is 6.73. The summed E-state index contributed by atoms with van der Waals surface area (Å²) < 4.78 is 1.86. The lowest BCUT2D eigenvalue weighted by atomic mass is 9.84. The van der Waals surface area contributed by atoms with Gasteiger partial charge in [0.1, 0.15) is 6.07 Å². The van der Waals surface area contributed by atoms with Crippen molar-refractivity contribution in [2.24, 2.45) is 0 Å². The first-order chi connectivity index (χ1) is 12.3. The van der Waals surface area contributed by atoms with Crippen LogP contribution in [0.15, 0.2) is 60.7 Å². The fourth-order valence-electron chi connectivity index (χ4n) is 3.77. The second kappa shape index (κ2) is 6.94. The van der Waals surface area contributed by atoms with Crippen molar-refractivity contribution in [2.45, 2.75) is 38.0 Å². The quantitative estimate of drug-likeness (QED) is 0.641. The highest BCUT2D eigenvalue weighted by molar-refractivity contribution is 5.64. The molecule has 1 saturated carbocycles. The van der Waals surface area contributed by atoms with E-state index in [1.807, 2.05) is 41.1 Å². The number of hydrogen-bond acceptors (Lipinski definition) is 2. The fraction of sp³-hybridized carbons (Fsp3) is 0.273. The van der Waals surface area contributed by atoms with Crippen LogP contribution in [-0.4, -0.2) is 9.78 Å². The van der Waals surface area contributed by atoms with Crippen molar-refractivity contribution < 1.29 is 0 Å². The first-order valence-electron chi connectivity index (χ1n) is 9.01. The third-order valence-corrected chi connectivity index (χ3v) is 5.11. The predicted molar refractivity (Wildman–Crippen MR) is 99.5 cm³/mol. The summed E-state index contributed by atoms with van der Waals surface area (Å²) in [5, 5.41) is 13.7. The maximum atomic E-state index is 9.26. The van der Waals surface area contributed by atoms with Crippen LogP contribution in [0.1, 0.15) is 49.3 Å². The third-order valence-electron chi connectivity index (χ3n) is 5.11. The zero-order valence-electron chi connectivity index (χ0n) is 14.2. The Labute approximate surface area is 148 Å². The first kappa shape index (κ1) is 15.7. The Morgan fingerprint density at radius 2 is 1.64 bits per heavy atom. The van der Waals surface area contributed by atoms with Crippen LogP contribution < -0.4 is 0 Å². The highest BCUT2D eigenvalue weighted by Crippen LogP contribution is 2.34. The van der Waals surface area contributed by atoms with Crippen LogP contribution in [0.4, 0.5) is 0 Å². The lowest BCUT2D eigenvalue weighted by molar-refractivity contribution is 0.443. The van der Waals surface area contributed by atoms with Crippen molar-refractivity contribution in [1.82, 2.24) is 9.78 Å². The van der Waals surface area contributed by atoms with Crippen LogP contribution in [0.3, 0.4) is 0 Å². The molecule has 0 atom stereocenters. The molecule has 25 heavy (non-hydrogen) atoms. The van der Waals surface area contributed by atoms with Gasteiger partial charge in [0.25, 0.3) is 0 Å². The largest absolute Gasteiger partial charge is 0.232 e. The first-order valence-corrected chi connectivity index (χ1v) is 9.01. The molecule has 124 valence electrons. The van der Waals surface area contributed by atoms with Gasteiger partial charge in [-0.2, -0.15) is 10.4 Å². The Morgan fingerprint density at radius 3 is 2.32 bits per heavy atom. The van der Waals surface area contributed by atoms with Crippen molar-refractivity contribution in [2.75, 3.05) is 0 Å². The monoisotopic (exact) mass is 327 g/mol. The zero-order chi connectivity index (χ0) is 17.1. The average Bonchev–Trinajstić information content (AvgIpc) is 3.14. The van der Waals surface area contributed by atoms with Gasteiger partial charge in [-0.05, 0) is 36.5 Å². The molecule has 4 rings (SSSR count). The van der Waals surface area contributed by atoms with Gasteiger partial charge in [0.05, 0.1) is 11.4 Å². The number of para-hydroxylation sites is 1. The van der Waals surface area contributed by atoms with E-state index in [9.17, 15) is 5.26 Å². The molecular formula is C22H21N3. The molecule has 3 heteroatoms. The highest BCUT2D eigenvalue weighted by Gasteiger charge is 2.16. The summed E-state index contributed by atoms with van der Waals surface area (Å²) in [5.41, 5.74) is 4.90.